The Labute approximate surface area is 118 Å². The Morgan fingerprint density at radius 1 is 1.12 bits per heavy atom. The van der Waals surface area contributed by atoms with Crippen molar-refractivity contribution in [1.82, 2.24) is 0 Å². The summed E-state index contributed by atoms with van der Waals surface area (Å²) in [5.41, 5.74) is 1.25. The van der Waals surface area contributed by atoms with Gasteiger partial charge in [0, 0.05) is 17.1 Å². The minimum Gasteiger partial charge on any atom is -0.748 e. The standard InChI is InChI=1S/C8H10Cl.C5H5.Fe.H2O2/c1-6(2)7-4-3-5-8(7)9;1-2-4-5-3-1;;1-2/h3-6H,1-2H3;1-5H;;1-2H/q-1;-5;;. The van der Waals surface area contributed by atoms with E-state index in [1.165, 1.54) is 5.56 Å². The van der Waals surface area contributed by atoms with Crippen molar-refractivity contribution in [3.05, 3.63) is 59.1 Å². The summed E-state index contributed by atoms with van der Waals surface area (Å²) in [6.07, 6.45) is 0. The van der Waals surface area contributed by atoms with Crippen LogP contribution in [0.4, 0.5) is 0 Å². The van der Waals surface area contributed by atoms with E-state index in [0.29, 0.717) is 5.92 Å². The molecule has 2 aromatic rings. The molecular formula is C13H17ClFeO2-6. The van der Waals surface area contributed by atoms with Crippen LogP contribution in [-0.4, -0.2) is 10.5 Å². The minimum absolute atomic E-state index is 0. The fraction of sp³-hybridized carbons (Fsp3) is 0.231. The van der Waals surface area contributed by atoms with Gasteiger partial charge in [0.2, 0.25) is 0 Å². The van der Waals surface area contributed by atoms with E-state index in [4.69, 9.17) is 22.1 Å². The van der Waals surface area contributed by atoms with Gasteiger partial charge in [-0.15, -0.1) is 17.2 Å². The number of hydrogen-bond donors (Lipinski definition) is 2. The van der Waals surface area contributed by atoms with Crippen molar-refractivity contribution < 1.29 is 27.6 Å². The first-order chi connectivity index (χ1) is 7.72. The van der Waals surface area contributed by atoms with Gasteiger partial charge in [0.25, 0.3) is 0 Å². The maximum absolute atomic E-state index is 6.00. The van der Waals surface area contributed by atoms with Crippen LogP contribution in [0.5, 0.6) is 0 Å². The minimum atomic E-state index is 0. The second kappa shape index (κ2) is 11.9. The van der Waals surface area contributed by atoms with Crippen LogP contribution in [-0.2, 0) is 17.1 Å². The molecule has 0 unspecified atom stereocenters. The monoisotopic (exact) mass is 296 g/mol. The molecule has 2 aromatic carbocycles. The molecule has 0 amide bonds. The van der Waals surface area contributed by atoms with Gasteiger partial charge in [0.15, 0.2) is 0 Å². The first-order valence-electron chi connectivity index (χ1n) is 4.99. The van der Waals surface area contributed by atoms with E-state index in [0.717, 1.165) is 5.02 Å². The van der Waals surface area contributed by atoms with Crippen molar-refractivity contribution in [2.75, 3.05) is 0 Å². The second-order valence-corrected chi connectivity index (χ2v) is 3.85. The van der Waals surface area contributed by atoms with Gasteiger partial charge in [-0.05, 0) is 0 Å². The fourth-order valence-corrected chi connectivity index (χ4v) is 1.56. The largest absolute Gasteiger partial charge is 0.748 e. The first kappa shape index (κ1) is 18.8. The quantitative estimate of drug-likeness (QED) is 0.349. The van der Waals surface area contributed by atoms with Crippen molar-refractivity contribution in [3.63, 3.8) is 0 Å². The molecule has 0 saturated heterocycles. The van der Waals surface area contributed by atoms with E-state index < -0.39 is 0 Å². The predicted octanol–water partition coefficient (Wildman–Crippen LogP) is 4.60. The molecule has 102 valence electrons. The van der Waals surface area contributed by atoms with Crippen LogP contribution in [0.1, 0.15) is 25.3 Å². The Hall–Kier alpha value is -0.571. The molecule has 0 aliphatic rings. The Kier molecular flexibility index (Phi) is 13.2. The molecular weight excluding hydrogens is 279 g/mol. The zero-order valence-electron chi connectivity index (χ0n) is 9.82. The van der Waals surface area contributed by atoms with Gasteiger partial charge in [-0.3, -0.25) is 10.5 Å². The number of hydrogen-bond acceptors (Lipinski definition) is 2. The number of rotatable bonds is 1. The Morgan fingerprint density at radius 3 is 1.71 bits per heavy atom. The van der Waals surface area contributed by atoms with Crippen molar-refractivity contribution >= 4 is 11.6 Å². The summed E-state index contributed by atoms with van der Waals surface area (Å²) < 4.78 is 0. The van der Waals surface area contributed by atoms with E-state index in [9.17, 15) is 0 Å². The van der Waals surface area contributed by atoms with E-state index in [2.05, 4.69) is 19.9 Å². The van der Waals surface area contributed by atoms with Crippen LogP contribution in [0.15, 0.2) is 48.5 Å². The molecule has 0 aliphatic carbocycles. The molecule has 0 aromatic heterocycles. The molecule has 2 nitrogen and oxygen atoms in total. The van der Waals surface area contributed by atoms with E-state index >= 15 is 0 Å². The van der Waals surface area contributed by atoms with Crippen molar-refractivity contribution in [2.24, 2.45) is 0 Å². The van der Waals surface area contributed by atoms with Gasteiger partial charge in [-0.2, -0.15) is 12.1 Å². The van der Waals surface area contributed by atoms with Gasteiger partial charge in [0.1, 0.15) is 0 Å². The smallest absolute Gasteiger partial charge is 0 e. The summed E-state index contributed by atoms with van der Waals surface area (Å²) in [7, 11) is 0. The molecule has 0 bridgehead atoms. The summed E-state index contributed by atoms with van der Waals surface area (Å²) >= 11 is 5.83. The average molecular weight is 297 g/mol. The molecule has 2 N–H and O–H groups in total. The molecule has 0 saturated carbocycles. The molecule has 17 heavy (non-hydrogen) atoms. The third-order valence-electron chi connectivity index (χ3n) is 1.97. The predicted molar refractivity (Wildman–Crippen MR) is 68.4 cm³/mol. The van der Waals surface area contributed by atoms with Gasteiger partial charge in [0.05, 0.1) is 0 Å². The molecule has 0 atom stereocenters. The van der Waals surface area contributed by atoms with E-state index in [-0.39, 0.29) is 17.1 Å². The Morgan fingerprint density at radius 2 is 1.53 bits per heavy atom. The van der Waals surface area contributed by atoms with Crippen LogP contribution in [0.3, 0.4) is 0 Å². The van der Waals surface area contributed by atoms with Crippen molar-refractivity contribution in [2.45, 2.75) is 19.8 Å². The maximum atomic E-state index is 6.00. The van der Waals surface area contributed by atoms with Gasteiger partial charge < -0.3 is 30.3 Å². The van der Waals surface area contributed by atoms with Crippen molar-refractivity contribution in [3.8, 4) is 0 Å². The van der Waals surface area contributed by atoms with E-state index in [1.54, 1.807) is 0 Å². The molecule has 4 heteroatoms. The van der Waals surface area contributed by atoms with Crippen LogP contribution in [0, 0.1) is 0 Å². The Bertz CT molecular complexity index is 325. The summed E-state index contributed by atoms with van der Waals surface area (Å²) in [4.78, 5) is 0. The maximum Gasteiger partial charge on any atom is 0 e. The van der Waals surface area contributed by atoms with Gasteiger partial charge >= 0.3 is 0 Å². The average Bonchev–Trinajstić information content (AvgIpc) is 2.93. The molecule has 0 fully saturated rings. The van der Waals surface area contributed by atoms with Gasteiger partial charge in [-0.25, -0.2) is 6.07 Å². The normalized spacial score (nSPS) is 8.35. The van der Waals surface area contributed by atoms with E-state index in [1.807, 2.05) is 42.5 Å². The molecule has 0 heterocycles. The summed E-state index contributed by atoms with van der Waals surface area (Å²) in [5, 5.41) is 12.9. The molecule has 0 radical (unpaired) electrons. The Balaban J connectivity index is 0. The molecule has 0 spiro atoms. The van der Waals surface area contributed by atoms with Crippen LogP contribution in [0.25, 0.3) is 0 Å². The SMILES string of the molecule is CC(C)[c-]1cccc1Cl.OO.[Fe].[cH-]1[cH-][cH-][cH-][cH-]1. The third-order valence-corrected chi connectivity index (χ3v) is 2.32. The third kappa shape index (κ3) is 8.19. The second-order valence-electron chi connectivity index (χ2n) is 3.45. The van der Waals surface area contributed by atoms with Crippen LogP contribution in [0.2, 0.25) is 5.02 Å². The number of halogens is 1. The van der Waals surface area contributed by atoms with Crippen LogP contribution >= 0.6 is 11.6 Å². The summed E-state index contributed by atoms with van der Waals surface area (Å²) in [6.45, 7) is 4.28. The molecule has 0 aliphatic heterocycles. The first-order valence-corrected chi connectivity index (χ1v) is 5.37. The summed E-state index contributed by atoms with van der Waals surface area (Å²) in [5.74, 6) is 0.549. The molecule has 2 rings (SSSR count). The zero-order chi connectivity index (χ0) is 12.4. The fourth-order valence-electron chi connectivity index (χ4n) is 1.20. The summed E-state index contributed by atoms with van der Waals surface area (Å²) in [6, 6.07) is 16.0. The topological polar surface area (TPSA) is 40.5 Å². The zero-order valence-corrected chi connectivity index (χ0v) is 11.7. The van der Waals surface area contributed by atoms with Crippen LogP contribution < -0.4 is 0 Å². The van der Waals surface area contributed by atoms with Crippen molar-refractivity contribution in [1.29, 1.82) is 0 Å². The van der Waals surface area contributed by atoms with Gasteiger partial charge in [-0.1, -0.05) is 24.8 Å².